The summed E-state index contributed by atoms with van der Waals surface area (Å²) in [6.07, 6.45) is 1.88. The van der Waals surface area contributed by atoms with Crippen LogP contribution in [-0.4, -0.2) is 18.5 Å². The highest BCUT2D eigenvalue weighted by atomic mass is 16.5. The summed E-state index contributed by atoms with van der Waals surface area (Å²) in [5.74, 6) is -0.183. The first kappa shape index (κ1) is 15.3. The van der Waals surface area contributed by atoms with Crippen molar-refractivity contribution in [1.82, 2.24) is 0 Å². The van der Waals surface area contributed by atoms with Crippen LogP contribution in [0.15, 0.2) is 53.5 Å². The quantitative estimate of drug-likeness (QED) is 0.647. The third-order valence-electron chi connectivity index (χ3n) is 3.61. The molecule has 0 saturated carbocycles. The zero-order chi connectivity index (χ0) is 17.1. The van der Waals surface area contributed by atoms with E-state index in [2.05, 4.69) is 11.1 Å². The van der Waals surface area contributed by atoms with Gasteiger partial charge in [0.25, 0.3) is 5.91 Å². The number of benzene rings is 2. The Labute approximate surface area is 138 Å². The molecule has 0 atom stereocenters. The lowest BCUT2D eigenvalue weighted by Gasteiger charge is -2.20. The van der Waals surface area contributed by atoms with Gasteiger partial charge in [-0.2, -0.15) is 10.3 Å². The van der Waals surface area contributed by atoms with Crippen LogP contribution in [-0.2, 0) is 0 Å². The van der Waals surface area contributed by atoms with Crippen LogP contribution in [0.3, 0.4) is 0 Å². The summed E-state index contributed by atoms with van der Waals surface area (Å²) in [4.78, 5) is 15.6. The number of rotatable bonds is 2. The summed E-state index contributed by atoms with van der Waals surface area (Å²) in [5.41, 5.74) is 13.8. The van der Waals surface area contributed by atoms with Crippen molar-refractivity contribution < 1.29 is 9.53 Å². The van der Waals surface area contributed by atoms with Crippen LogP contribution in [0.5, 0.6) is 5.75 Å². The third-order valence-corrected chi connectivity index (χ3v) is 3.61. The Morgan fingerprint density at radius 1 is 1.17 bits per heavy atom. The third kappa shape index (κ3) is 2.83. The number of hydrogen-bond donors (Lipinski definition) is 2. The second-order valence-corrected chi connectivity index (χ2v) is 5.14. The van der Waals surface area contributed by atoms with Crippen molar-refractivity contribution in [3.63, 3.8) is 0 Å². The molecule has 6 nitrogen and oxygen atoms in total. The lowest BCUT2D eigenvalue weighted by Crippen LogP contribution is -2.24. The largest absolute Gasteiger partial charge is 0.489 e. The number of nitrogens with zero attached hydrogens (tertiary/aromatic N) is 2. The number of nitriles is 1. The molecule has 118 valence electrons. The molecule has 0 aromatic heterocycles. The van der Waals surface area contributed by atoms with E-state index in [4.69, 9.17) is 16.2 Å². The Morgan fingerprint density at radius 3 is 2.71 bits per heavy atom. The fourth-order valence-corrected chi connectivity index (χ4v) is 2.58. The lowest BCUT2D eigenvalue weighted by molar-refractivity contribution is 0.100. The lowest BCUT2D eigenvalue weighted by atomic mass is 9.91. The first-order valence-corrected chi connectivity index (χ1v) is 7.21. The molecule has 0 aliphatic carbocycles. The molecule has 4 N–H and O–H groups in total. The number of carbonyl (C=O) groups is 1. The van der Waals surface area contributed by atoms with Gasteiger partial charge in [0.1, 0.15) is 12.4 Å². The molecule has 1 amide bonds. The zero-order valence-electron chi connectivity index (χ0n) is 12.7. The first-order chi connectivity index (χ1) is 11.6. The van der Waals surface area contributed by atoms with Gasteiger partial charge in [-0.3, -0.25) is 4.79 Å². The predicted molar refractivity (Wildman–Crippen MR) is 90.3 cm³/mol. The van der Waals surface area contributed by atoms with E-state index < -0.39 is 5.91 Å². The van der Waals surface area contributed by atoms with Crippen LogP contribution >= 0.6 is 0 Å². The molecule has 0 bridgehead atoms. The van der Waals surface area contributed by atoms with Gasteiger partial charge in [0.2, 0.25) is 0 Å². The number of guanidine groups is 1. The Morgan fingerprint density at radius 2 is 1.96 bits per heavy atom. The molecule has 1 heterocycles. The molecule has 1 aliphatic heterocycles. The van der Waals surface area contributed by atoms with E-state index in [1.807, 2.05) is 24.3 Å². The maximum Gasteiger partial charge on any atom is 0.280 e. The Bertz CT molecular complexity index is 919. The van der Waals surface area contributed by atoms with Gasteiger partial charge in [0.15, 0.2) is 5.96 Å². The average Bonchev–Trinajstić information content (AvgIpc) is 2.60. The van der Waals surface area contributed by atoms with Gasteiger partial charge in [-0.25, -0.2) is 0 Å². The van der Waals surface area contributed by atoms with E-state index in [1.165, 1.54) is 0 Å². The SMILES string of the molecule is N#Cc1ccccc1C1=CCOc2ccc(C(=O)N=C(N)N)cc21. The van der Waals surface area contributed by atoms with E-state index >= 15 is 0 Å². The molecule has 2 aromatic carbocycles. The van der Waals surface area contributed by atoms with Crippen molar-refractivity contribution in [3.8, 4) is 11.8 Å². The van der Waals surface area contributed by atoms with Gasteiger partial charge in [0.05, 0.1) is 11.6 Å². The maximum atomic E-state index is 12.0. The number of ether oxygens (including phenoxy) is 1. The van der Waals surface area contributed by atoms with Crippen LogP contribution in [0.25, 0.3) is 5.57 Å². The number of amides is 1. The molecule has 1 aliphatic rings. The number of hydrogen-bond acceptors (Lipinski definition) is 3. The van der Waals surface area contributed by atoms with Gasteiger partial charge in [0, 0.05) is 11.1 Å². The second kappa shape index (κ2) is 6.26. The number of aliphatic imine (C=N–C) groups is 1. The highest BCUT2D eigenvalue weighted by molar-refractivity contribution is 6.03. The van der Waals surface area contributed by atoms with Gasteiger partial charge in [-0.15, -0.1) is 0 Å². The topological polar surface area (TPSA) is 114 Å². The monoisotopic (exact) mass is 318 g/mol. The molecule has 0 fully saturated rings. The Kier molecular flexibility index (Phi) is 4.00. The maximum absolute atomic E-state index is 12.0. The summed E-state index contributed by atoms with van der Waals surface area (Å²) in [5, 5.41) is 9.33. The van der Waals surface area contributed by atoms with Crippen molar-refractivity contribution in [1.29, 1.82) is 5.26 Å². The summed E-state index contributed by atoms with van der Waals surface area (Å²) in [6.45, 7) is 0.392. The molecular weight excluding hydrogens is 304 g/mol. The number of nitrogens with two attached hydrogens (primary N) is 2. The van der Waals surface area contributed by atoms with E-state index in [0.29, 0.717) is 23.5 Å². The number of fused-ring (bicyclic) bond motifs is 1. The smallest absolute Gasteiger partial charge is 0.280 e. The molecule has 6 heteroatoms. The minimum absolute atomic E-state index is 0.292. The number of carbonyl (C=O) groups excluding carboxylic acids is 1. The summed E-state index contributed by atoms with van der Waals surface area (Å²) >= 11 is 0. The molecule has 3 rings (SSSR count). The highest BCUT2D eigenvalue weighted by Crippen LogP contribution is 2.36. The van der Waals surface area contributed by atoms with Crippen LogP contribution in [0.1, 0.15) is 27.0 Å². The Balaban J connectivity index is 2.12. The highest BCUT2D eigenvalue weighted by Gasteiger charge is 2.19. The van der Waals surface area contributed by atoms with Gasteiger partial charge in [-0.05, 0) is 41.5 Å². The fraction of sp³-hybridized carbons (Fsp3) is 0.0556. The van der Waals surface area contributed by atoms with Crippen molar-refractivity contribution in [2.45, 2.75) is 0 Å². The molecule has 24 heavy (non-hydrogen) atoms. The van der Waals surface area contributed by atoms with Gasteiger partial charge >= 0.3 is 0 Å². The van der Waals surface area contributed by atoms with E-state index in [0.717, 1.165) is 16.7 Å². The van der Waals surface area contributed by atoms with Crippen LogP contribution in [0.4, 0.5) is 0 Å². The summed E-state index contributed by atoms with van der Waals surface area (Å²) in [6, 6.07) is 14.4. The molecule has 0 spiro atoms. The second-order valence-electron chi connectivity index (χ2n) is 5.14. The minimum Gasteiger partial charge on any atom is -0.489 e. The molecular formula is C18H14N4O2. The molecule has 0 unspecified atom stereocenters. The van der Waals surface area contributed by atoms with Crippen molar-refractivity contribution >= 4 is 17.4 Å². The molecule has 0 radical (unpaired) electrons. The summed E-state index contributed by atoms with van der Waals surface area (Å²) < 4.78 is 5.61. The Hall–Kier alpha value is -3.59. The average molecular weight is 318 g/mol. The zero-order valence-corrected chi connectivity index (χ0v) is 12.7. The molecule has 0 saturated heterocycles. The van der Waals surface area contributed by atoms with E-state index in [9.17, 15) is 10.1 Å². The van der Waals surface area contributed by atoms with Crippen LogP contribution in [0.2, 0.25) is 0 Å². The van der Waals surface area contributed by atoms with Crippen LogP contribution < -0.4 is 16.2 Å². The fourth-order valence-electron chi connectivity index (χ4n) is 2.58. The first-order valence-electron chi connectivity index (χ1n) is 7.21. The van der Waals surface area contributed by atoms with Gasteiger partial charge in [-0.1, -0.05) is 18.2 Å². The van der Waals surface area contributed by atoms with E-state index in [-0.39, 0.29) is 5.96 Å². The normalized spacial score (nSPS) is 12.2. The summed E-state index contributed by atoms with van der Waals surface area (Å²) in [7, 11) is 0. The predicted octanol–water partition coefficient (Wildman–Crippen LogP) is 1.80. The van der Waals surface area contributed by atoms with E-state index in [1.54, 1.807) is 24.3 Å². The van der Waals surface area contributed by atoms with Gasteiger partial charge < -0.3 is 16.2 Å². The minimum atomic E-state index is -0.531. The van der Waals surface area contributed by atoms with Crippen LogP contribution in [0, 0.1) is 11.3 Å². The molecule has 2 aromatic rings. The van der Waals surface area contributed by atoms with Crippen molar-refractivity contribution in [2.24, 2.45) is 16.5 Å². The standard InChI is InChI=1S/C18H14N4O2/c19-10-12-3-1-2-4-13(12)14-7-8-24-16-6-5-11(9-15(14)16)17(23)22-18(20)21/h1-7,9H,8H2,(H4,20,21,22,23). The van der Waals surface area contributed by atoms with Crippen molar-refractivity contribution in [3.05, 3.63) is 70.8 Å². The van der Waals surface area contributed by atoms with Crippen molar-refractivity contribution in [2.75, 3.05) is 6.61 Å².